The first kappa shape index (κ1) is 26.4. The van der Waals surface area contributed by atoms with Gasteiger partial charge in [0.15, 0.2) is 17.3 Å². The number of imidazole rings is 1. The van der Waals surface area contributed by atoms with Gasteiger partial charge in [0.2, 0.25) is 11.7 Å². The molecule has 10 nitrogen and oxygen atoms in total. The Balaban J connectivity index is 1.53. The molecule has 206 valence electrons. The van der Waals surface area contributed by atoms with Crippen LogP contribution >= 0.6 is 0 Å². The molecule has 2 aromatic carbocycles. The van der Waals surface area contributed by atoms with Crippen molar-refractivity contribution >= 4 is 28.5 Å². The zero-order valence-electron chi connectivity index (χ0n) is 21.5. The number of nitrogens with zero attached hydrogens (tertiary/aromatic N) is 5. The lowest BCUT2D eigenvalue weighted by molar-refractivity contribution is -0.137. The molecule has 2 aromatic heterocycles. The number of methoxy groups -OCH3 is 3. The van der Waals surface area contributed by atoms with Crippen LogP contribution in [-0.2, 0) is 6.18 Å². The summed E-state index contributed by atoms with van der Waals surface area (Å²) in [6.45, 7) is 0.529. The molecule has 1 saturated heterocycles. The summed E-state index contributed by atoms with van der Waals surface area (Å²) in [4.78, 5) is 15.3. The third-order valence-electron chi connectivity index (χ3n) is 6.63. The zero-order valence-corrected chi connectivity index (χ0v) is 21.5. The van der Waals surface area contributed by atoms with E-state index in [1.165, 1.54) is 27.4 Å². The second-order valence-corrected chi connectivity index (χ2v) is 8.95. The Morgan fingerprint density at radius 3 is 2.44 bits per heavy atom. The minimum Gasteiger partial charge on any atom is -0.493 e. The Kier molecular flexibility index (Phi) is 7.08. The Labute approximate surface area is 222 Å². The lowest BCUT2D eigenvalue weighted by Gasteiger charge is -2.26. The number of fused-ring (bicyclic) bond motifs is 1. The van der Waals surface area contributed by atoms with Crippen LogP contribution in [0.3, 0.4) is 0 Å². The van der Waals surface area contributed by atoms with E-state index in [0.29, 0.717) is 46.5 Å². The van der Waals surface area contributed by atoms with Crippen molar-refractivity contribution in [1.82, 2.24) is 19.5 Å². The first-order valence-electron chi connectivity index (χ1n) is 12.1. The van der Waals surface area contributed by atoms with Crippen LogP contribution in [-0.4, -0.2) is 65.1 Å². The standard InChI is InChI=1S/C26H27F3N6O4/c1-37-20-10-17(11-21(38-2)23(20)39-3)34-12-22(30-14-34)32-25-31-19-9-15(26(27,28)29)6-7-18(19)24(33-25)35-8-4-5-16(35)13-36/h6-7,9-12,14,16,36H,4-5,8,13H2,1-3H3,(H,31,32,33)/t16-/m0/s1. The summed E-state index contributed by atoms with van der Waals surface area (Å²) in [6, 6.07) is 6.72. The molecule has 0 amide bonds. The van der Waals surface area contributed by atoms with Crippen LogP contribution in [0.5, 0.6) is 17.2 Å². The average Bonchev–Trinajstić information content (AvgIpc) is 3.60. The first-order chi connectivity index (χ1) is 18.7. The normalized spacial score (nSPS) is 15.6. The molecule has 0 radical (unpaired) electrons. The quantitative estimate of drug-likeness (QED) is 0.330. The van der Waals surface area contributed by atoms with Gasteiger partial charge >= 0.3 is 6.18 Å². The van der Waals surface area contributed by atoms with Crippen molar-refractivity contribution in [2.75, 3.05) is 44.7 Å². The number of rotatable bonds is 8. The molecule has 2 N–H and O–H groups in total. The fourth-order valence-corrected chi connectivity index (χ4v) is 4.73. The van der Waals surface area contributed by atoms with Crippen molar-refractivity contribution in [1.29, 1.82) is 0 Å². The highest BCUT2D eigenvalue weighted by molar-refractivity contribution is 5.91. The van der Waals surface area contributed by atoms with E-state index in [1.54, 1.807) is 29.2 Å². The second kappa shape index (κ2) is 10.5. The number of aliphatic hydroxyl groups excluding tert-OH is 1. The number of halogens is 3. The first-order valence-corrected chi connectivity index (χ1v) is 12.1. The molecule has 1 aliphatic rings. The van der Waals surface area contributed by atoms with E-state index in [-0.39, 0.29) is 24.1 Å². The lowest BCUT2D eigenvalue weighted by Crippen LogP contribution is -2.33. The summed E-state index contributed by atoms with van der Waals surface area (Å²) < 4.78 is 58.3. The summed E-state index contributed by atoms with van der Waals surface area (Å²) in [7, 11) is 4.55. The van der Waals surface area contributed by atoms with E-state index in [9.17, 15) is 18.3 Å². The van der Waals surface area contributed by atoms with Crippen LogP contribution in [0.25, 0.3) is 16.6 Å². The number of hydrogen-bond donors (Lipinski definition) is 2. The predicted molar refractivity (Wildman–Crippen MR) is 138 cm³/mol. The molecule has 0 saturated carbocycles. The van der Waals surface area contributed by atoms with Gasteiger partial charge in [-0.1, -0.05) is 0 Å². The molecule has 39 heavy (non-hydrogen) atoms. The topological polar surface area (TPSA) is 107 Å². The van der Waals surface area contributed by atoms with Crippen LogP contribution in [0.4, 0.5) is 30.8 Å². The molecule has 13 heteroatoms. The Hall–Kier alpha value is -4.26. The summed E-state index contributed by atoms with van der Waals surface area (Å²) in [5.41, 5.74) is -0.00905. The predicted octanol–water partition coefficient (Wildman–Crippen LogP) is 4.56. The van der Waals surface area contributed by atoms with E-state index in [4.69, 9.17) is 14.2 Å². The number of hydrogen-bond acceptors (Lipinski definition) is 9. The van der Waals surface area contributed by atoms with Gasteiger partial charge in [0.05, 0.1) is 56.9 Å². The van der Waals surface area contributed by atoms with Gasteiger partial charge in [0, 0.05) is 24.1 Å². The van der Waals surface area contributed by atoms with Gasteiger partial charge in [0.1, 0.15) is 12.1 Å². The van der Waals surface area contributed by atoms with Crippen molar-refractivity contribution in [3.8, 4) is 22.9 Å². The molecule has 3 heterocycles. The Morgan fingerprint density at radius 1 is 1.05 bits per heavy atom. The average molecular weight is 545 g/mol. The number of alkyl halides is 3. The van der Waals surface area contributed by atoms with Crippen LogP contribution in [0.15, 0.2) is 42.9 Å². The minimum absolute atomic E-state index is 0.0792. The van der Waals surface area contributed by atoms with Gasteiger partial charge in [-0.15, -0.1) is 0 Å². The maximum absolute atomic E-state index is 13.5. The molecular formula is C26H27F3N6O4. The summed E-state index contributed by atoms with van der Waals surface area (Å²) in [5, 5.41) is 13.3. The van der Waals surface area contributed by atoms with Crippen molar-refractivity contribution in [2.24, 2.45) is 0 Å². The number of aliphatic hydroxyl groups is 1. The molecular weight excluding hydrogens is 517 g/mol. The van der Waals surface area contributed by atoms with Crippen molar-refractivity contribution in [3.05, 3.63) is 48.4 Å². The highest BCUT2D eigenvalue weighted by atomic mass is 19.4. The number of aromatic nitrogens is 4. The maximum atomic E-state index is 13.5. The van der Waals surface area contributed by atoms with Gasteiger partial charge in [-0.3, -0.25) is 0 Å². The molecule has 0 spiro atoms. The summed E-state index contributed by atoms with van der Waals surface area (Å²) in [5.74, 6) is 2.26. The van der Waals surface area contributed by atoms with Crippen molar-refractivity contribution < 1.29 is 32.5 Å². The van der Waals surface area contributed by atoms with Crippen LogP contribution in [0, 0.1) is 0 Å². The summed E-state index contributed by atoms with van der Waals surface area (Å²) in [6.07, 6.45) is 0.290. The zero-order chi connectivity index (χ0) is 27.7. The van der Waals surface area contributed by atoms with Crippen LogP contribution < -0.4 is 24.4 Å². The molecule has 0 bridgehead atoms. The summed E-state index contributed by atoms with van der Waals surface area (Å²) >= 11 is 0. The third kappa shape index (κ3) is 5.09. The van der Waals surface area contributed by atoms with Gasteiger partial charge < -0.3 is 34.1 Å². The number of anilines is 3. The molecule has 0 aliphatic carbocycles. The van der Waals surface area contributed by atoms with Crippen LogP contribution in [0.2, 0.25) is 0 Å². The molecule has 4 aromatic rings. The van der Waals surface area contributed by atoms with Crippen molar-refractivity contribution in [2.45, 2.75) is 25.1 Å². The van der Waals surface area contributed by atoms with E-state index < -0.39 is 11.7 Å². The number of nitrogens with one attached hydrogen (secondary N) is 1. The smallest absolute Gasteiger partial charge is 0.416 e. The Morgan fingerprint density at radius 2 is 1.79 bits per heavy atom. The monoisotopic (exact) mass is 544 g/mol. The van der Waals surface area contributed by atoms with E-state index in [0.717, 1.165) is 25.0 Å². The van der Waals surface area contributed by atoms with E-state index >= 15 is 0 Å². The molecule has 1 aliphatic heterocycles. The lowest BCUT2D eigenvalue weighted by atomic mass is 10.1. The highest BCUT2D eigenvalue weighted by Crippen LogP contribution is 2.40. The number of ether oxygens (including phenoxy) is 3. The van der Waals surface area contributed by atoms with Gasteiger partial charge in [0.25, 0.3) is 0 Å². The largest absolute Gasteiger partial charge is 0.493 e. The van der Waals surface area contributed by atoms with Crippen LogP contribution in [0.1, 0.15) is 18.4 Å². The highest BCUT2D eigenvalue weighted by Gasteiger charge is 2.32. The molecule has 1 atom stereocenters. The van der Waals surface area contributed by atoms with Gasteiger partial charge in [-0.05, 0) is 31.0 Å². The van der Waals surface area contributed by atoms with Gasteiger partial charge in [-0.25, -0.2) is 9.97 Å². The van der Waals surface area contributed by atoms with E-state index in [1.807, 2.05) is 4.90 Å². The van der Waals surface area contributed by atoms with E-state index in [2.05, 4.69) is 20.3 Å². The molecule has 5 rings (SSSR count). The van der Waals surface area contributed by atoms with Crippen molar-refractivity contribution in [3.63, 3.8) is 0 Å². The third-order valence-corrected chi connectivity index (χ3v) is 6.63. The molecule has 0 unspecified atom stereocenters. The fourth-order valence-electron chi connectivity index (χ4n) is 4.73. The van der Waals surface area contributed by atoms with Gasteiger partial charge in [-0.2, -0.15) is 18.2 Å². The SMILES string of the molecule is COc1cc(-n2cnc(Nc3nc(N4CCC[C@H]4CO)c4ccc(C(F)(F)F)cc4n3)c2)cc(OC)c1OC. The second-order valence-electron chi connectivity index (χ2n) is 8.95. The Bertz CT molecular complexity index is 1470. The fraction of sp³-hybridized carbons (Fsp3) is 0.346. The minimum atomic E-state index is -4.52. The number of benzene rings is 2. The maximum Gasteiger partial charge on any atom is 0.416 e. The molecule has 1 fully saturated rings.